The minimum Gasteiger partial charge on any atom is -0.475 e. The van der Waals surface area contributed by atoms with Gasteiger partial charge in [-0.15, -0.1) is 0 Å². The molecule has 12 heteroatoms. The summed E-state index contributed by atoms with van der Waals surface area (Å²) in [6.45, 7) is 3.73. The number of nitrogens with one attached hydrogen (secondary N) is 1. The van der Waals surface area contributed by atoms with E-state index in [0.717, 1.165) is 20.0 Å². The first kappa shape index (κ1) is 28.7. The Morgan fingerprint density at radius 2 is 2.04 bits per heavy atom. The van der Waals surface area contributed by atoms with E-state index in [9.17, 15) is 9.59 Å². The SMILES string of the molecule is CCC.CO.[B]COC(=O)CN.[B][C@@H]1CCC(n2cc(CO)c(=O)[nH]c2=S)O1. The molecule has 1 aliphatic heterocycles. The van der Waals surface area contributed by atoms with Crippen molar-refractivity contribution in [1.82, 2.24) is 9.55 Å². The van der Waals surface area contributed by atoms with E-state index >= 15 is 0 Å². The molecule has 2 rings (SSSR count). The van der Waals surface area contributed by atoms with Crippen molar-refractivity contribution in [1.29, 1.82) is 0 Å². The molecule has 0 amide bonds. The third-order valence-corrected chi connectivity index (χ3v) is 3.28. The Bertz CT molecular complexity index is 656. The molecule has 0 aliphatic carbocycles. The molecule has 4 radical (unpaired) electrons. The molecule has 1 aromatic heterocycles. The molecule has 1 aliphatic rings. The van der Waals surface area contributed by atoms with Crippen molar-refractivity contribution in [3.8, 4) is 0 Å². The van der Waals surface area contributed by atoms with Crippen molar-refractivity contribution in [2.75, 3.05) is 20.2 Å². The van der Waals surface area contributed by atoms with Crippen LogP contribution in [-0.4, -0.2) is 67.6 Å². The molecule has 1 fully saturated rings. The number of aromatic nitrogens is 2. The van der Waals surface area contributed by atoms with Gasteiger partial charge in [0.15, 0.2) is 4.77 Å². The molecule has 5 N–H and O–H groups in total. The molecule has 156 valence electrons. The number of aromatic amines is 1. The highest BCUT2D eigenvalue weighted by molar-refractivity contribution is 7.71. The monoisotopic (exact) mass is 413 g/mol. The minimum absolute atomic E-state index is 0.0873. The summed E-state index contributed by atoms with van der Waals surface area (Å²) in [5, 5.41) is 16.0. The van der Waals surface area contributed by atoms with Gasteiger partial charge in [0.05, 0.1) is 18.7 Å². The number of nitrogens with two attached hydrogens (primary N) is 1. The number of hydrogen-bond acceptors (Lipinski definition) is 8. The van der Waals surface area contributed by atoms with Gasteiger partial charge >= 0.3 is 5.97 Å². The van der Waals surface area contributed by atoms with Crippen LogP contribution in [0.5, 0.6) is 0 Å². The zero-order valence-electron chi connectivity index (χ0n) is 16.6. The molecule has 1 unspecified atom stereocenters. The summed E-state index contributed by atoms with van der Waals surface area (Å²) < 4.78 is 11.5. The normalized spacial score (nSPS) is 17.1. The van der Waals surface area contributed by atoms with Crippen LogP contribution in [0.1, 0.15) is 44.9 Å². The first-order chi connectivity index (χ1) is 13.3. The van der Waals surface area contributed by atoms with Gasteiger partial charge in [-0.25, -0.2) is 0 Å². The van der Waals surface area contributed by atoms with Gasteiger partial charge in [0.2, 0.25) is 0 Å². The lowest BCUT2D eigenvalue weighted by Crippen LogP contribution is -2.21. The number of carbonyl (C=O) groups is 1. The van der Waals surface area contributed by atoms with Crippen LogP contribution in [0, 0.1) is 4.77 Å². The maximum atomic E-state index is 11.3. The van der Waals surface area contributed by atoms with Gasteiger partial charge < -0.3 is 25.4 Å². The quantitative estimate of drug-likeness (QED) is 0.304. The van der Waals surface area contributed by atoms with Gasteiger partial charge in [0.1, 0.15) is 21.9 Å². The number of H-pyrrole nitrogens is 1. The minimum atomic E-state index is -0.470. The summed E-state index contributed by atoms with van der Waals surface area (Å²) in [5.41, 5.74) is 4.72. The summed E-state index contributed by atoms with van der Waals surface area (Å²) in [5.74, 6) is -0.470. The predicted molar refractivity (Wildman–Crippen MR) is 111 cm³/mol. The fourth-order valence-electron chi connectivity index (χ4n) is 1.85. The highest BCUT2D eigenvalue weighted by Gasteiger charge is 2.23. The Kier molecular flexibility index (Phi) is 18.1. The molecule has 0 saturated carbocycles. The van der Waals surface area contributed by atoms with E-state index in [1.165, 1.54) is 12.6 Å². The van der Waals surface area contributed by atoms with E-state index in [1.54, 1.807) is 4.57 Å². The summed E-state index contributed by atoms with van der Waals surface area (Å²) in [4.78, 5) is 23.8. The van der Waals surface area contributed by atoms with Crippen molar-refractivity contribution in [3.63, 3.8) is 0 Å². The van der Waals surface area contributed by atoms with Crippen LogP contribution in [0.3, 0.4) is 0 Å². The Labute approximate surface area is 173 Å². The van der Waals surface area contributed by atoms with Crippen molar-refractivity contribution >= 4 is 33.9 Å². The molecular weight excluding hydrogens is 384 g/mol. The predicted octanol–water partition coefficient (Wildman–Crippen LogP) is -0.159. The van der Waals surface area contributed by atoms with Gasteiger partial charge in [0, 0.05) is 25.8 Å². The molecular formula is C16H29B2N3O6S. The van der Waals surface area contributed by atoms with Gasteiger partial charge in [-0.3, -0.25) is 19.1 Å². The number of ether oxygens (including phenoxy) is 2. The maximum Gasteiger partial charge on any atom is 0.318 e. The molecule has 1 aromatic rings. The summed E-state index contributed by atoms with van der Waals surface area (Å²) >= 11 is 5.03. The first-order valence-corrected chi connectivity index (χ1v) is 9.11. The van der Waals surface area contributed by atoms with E-state index in [0.29, 0.717) is 0 Å². The summed E-state index contributed by atoms with van der Waals surface area (Å²) in [6, 6.07) is -0.295. The van der Waals surface area contributed by atoms with Crippen molar-refractivity contribution in [2.24, 2.45) is 5.73 Å². The van der Waals surface area contributed by atoms with Crippen molar-refractivity contribution in [3.05, 3.63) is 26.9 Å². The van der Waals surface area contributed by atoms with E-state index < -0.39 is 5.97 Å². The van der Waals surface area contributed by atoms with Crippen molar-refractivity contribution in [2.45, 2.75) is 51.9 Å². The largest absolute Gasteiger partial charge is 0.475 e. The highest BCUT2D eigenvalue weighted by Crippen LogP contribution is 2.26. The average Bonchev–Trinajstić information content (AvgIpc) is 3.11. The molecule has 0 spiro atoms. The van der Waals surface area contributed by atoms with Gasteiger partial charge in [-0.1, -0.05) is 20.3 Å². The molecule has 9 nitrogen and oxygen atoms in total. The Morgan fingerprint density at radius 1 is 1.46 bits per heavy atom. The molecule has 0 aromatic carbocycles. The third kappa shape index (κ3) is 11.4. The van der Waals surface area contributed by atoms with E-state index in [4.69, 9.17) is 48.6 Å². The second kappa shape index (κ2) is 17.6. The average molecular weight is 413 g/mol. The van der Waals surface area contributed by atoms with Crippen LogP contribution >= 0.6 is 12.2 Å². The lowest BCUT2D eigenvalue weighted by molar-refractivity contribution is -0.139. The zero-order valence-corrected chi connectivity index (χ0v) is 17.4. The smallest absolute Gasteiger partial charge is 0.318 e. The lowest BCUT2D eigenvalue weighted by Gasteiger charge is -2.16. The van der Waals surface area contributed by atoms with Crippen LogP contribution in [-0.2, 0) is 20.9 Å². The Balaban J connectivity index is 0. The fraction of sp³-hybridized carbons (Fsp3) is 0.688. The third-order valence-electron chi connectivity index (χ3n) is 2.96. The number of carbonyl (C=O) groups excluding carboxylic acids is 1. The number of rotatable bonds is 4. The molecule has 2 atom stereocenters. The number of aliphatic hydroxyl groups excluding tert-OH is 2. The lowest BCUT2D eigenvalue weighted by atomic mass is 9.98. The summed E-state index contributed by atoms with van der Waals surface area (Å²) in [6.07, 6.45) is 4.00. The second-order valence-electron chi connectivity index (χ2n) is 5.28. The van der Waals surface area contributed by atoms with Crippen LogP contribution in [0.15, 0.2) is 11.0 Å². The Hall–Kier alpha value is -1.46. The topological polar surface area (TPSA) is 140 Å². The van der Waals surface area contributed by atoms with Gasteiger partial charge in [-0.2, -0.15) is 0 Å². The number of aliphatic hydroxyl groups is 2. The zero-order chi connectivity index (χ0) is 22.1. The van der Waals surface area contributed by atoms with Gasteiger partial charge in [-0.05, 0) is 25.1 Å². The number of nitrogens with zero attached hydrogens (tertiary/aromatic N) is 1. The maximum absolute atomic E-state index is 11.3. The standard InChI is InChI=1S/C9H11BN2O3S.C3H6BNO2.C3H8.CH4O/c10-6-1-2-7(15-6)12-3-5(4-13)8(14)11-9(12)16;4-2-7-3(6)1-5;1-3-2;1-2/h3,6-7,13H,1-2,4H2,(H,11,14,16);1-2,5H2;3H2,1-2H3;2H,1H3/t6-,7?;;;/m0.../s1. The van der Waals surface area contributed by atoms with Crippen LogP contribution in [0.2, 0.25) is 0 Å². The van der Waals surface area contributed by atoms with Crippen molar-refractivity contribution < 1.29 is 24.5 Å². The van der Waals surface area contributed by atoms with Gasteiger partial charge in [0.25, 0.3) is 5.56 Å². The number of hydrogen-bond donors (Lipinski definition) is 4. The Morgan fingerprint density at radius 3 is 2.39 bits per heavy atom. The molecule has 28 heavy (non-hydrogen) atoms. The molecule has 1 saturated heterocycles. The molecule has 2 heterocycles. The van der Waals surface area contributed by atoms with E-state index in [1.807, 2.05) is 0 Å². The number of esters is 1. The van der Waals surface area contributed by atoms with E-state index in [-0.39, 0.29) is 47.8 Å². The fourth-order valence-corrected chi connectivity index (χ4v) is 2.12. The van der Waals surface area contributed by atoms with Crippen LogP contribution in [0.4, 0.5) is 0 Å². The highest BCUT2D eigenvalue weighted by atomic mass is 32.1. The van der Waals surface area contributed by atoms with E-state index in [2.05, 4.69) is 23.6 Å². The summed E-state index contributed by atoms with van der Waals surface area (Å²) in [7, 11) is 11.4. The second-order valence-corrected chi connectivity index (χ2v) is 5.67. The van der Waals surface area contributed by atoms with Crippen LogP contribution < -0.4 is 11.3 Å². The van der Waals surface area contributed by atoms with Crippen LogP contribution in [0.25, 0.3) is 0 Å². The first-order valence-electron chi connectivity index (χ1n) is 8.71. The molecule has 0 bridgehead atoms.